The van der Waals surface area contributed by atoms with Crippen LogP contribution in [0.4, 0.5) is 5.69 Å². The highest BCUT2D eigenvalue weighted by atomic mass is 35.5. The number of carbonyl (C=O) groups excluding carboxylic acids is 3. The van der Waals surface area contributed by atoms with Gasteiger partial charge in [-0.25, -0.2) is 0 Å². The number of halogens is 2. The van der Waals surface area contributed by atoms with Crippen molar-refractivity contribution in [3.8, 4) is 0 Å². The zero-order valence-electron chi connectivity index (χ0n) is 11.9. The summed E-state index contributed by atoms with van der Waals surface area (Å²) in [4.78, 5) is 37.1. The van der Waals surface area contributed by atoms with Crippen LogP contribution in [0.3, 0.4) is 0 Å². The van der Waals surface area contributed by atoms with Crippen molar-refractivity contribution in [2.24, 2.45) is 0 Å². The Kier molecular flexibility index (Phi) is 5.36. The van der Waals surface area contributed by atoms with Crippen molar-refractivity contribution in [2.45, 2.75) is 24.3 Å². The molecule has 1 heterocycles. The molecule has 8 heteroatoms. The van der Waals surface area contributed by atoms with Crippen LogP contribution in [0.15, 0.2) is 18.2 Å². The maximum atomic E-state index is 12.0. The minimum absolute atomic E-state index is 0.309. The number of amides is 3. The van der Waals surface area contributed by atoms with Crippen LogP contribution in [0, 0.1) is 0 Å². The number of nitrogens with zero attached hydrogens (tertiary/aromatic N) is 1. The predicted octanol–water partition coefficient (Wildman–Crippen LogP) is 2.81. The van der Waals surface area contributed by atoms with Gasteiger partial charge in [0.05, 0.1) is 20.5 Å². The molecule has 1 aliphatic heterocycles. The predicted molar refractivity (Wildman–Crippen MR) is 88.3 cm³/mol. The molecular formula is C14H14Cl2N2O3S. The number of carbonyl (C=O) groups is 3. The highest BCUT2D eigenvalue weighted by Gasteiger charge is 2.37. The molecular weight excluding hydrogens is 347 g/mol. The molecule has 1 fully saturated rings. The number of nitrogens with one attached hydrogen (secondary N) is 1. The van der Waals surface area contributed by atoms with Crippen molar-refractivity contribution in [3.05, 3.63) is 28.2 Å². The number of hydrogen-bond acceptors (Lipinski definition) is 4. The van der Waals surface area contributed by atoms with Gasteiger partial charge in [0.15, 0.2) is 0 Å². The number of hydrogen-bond donors (Lipinski definition) is 1. The van der Waals surface area contributed by atoms with Gasteiger partial charge in [-0.2, -0.15) is 0 Å². The van der Waals surface area contributed by atoms with Crippen LogP contribution in [0.5, 0.6) is 0 Å². The molecule has 2 atom stereocenters. The van der Waals surface area contributed by atoms with E-state index in [1.165, 1.54) is 17.8 Å². The first-order valence-corrected chi connectivity index (χ1v) is 8.25. The first-order chi connectivity index (χ1) is 10.3. The number of rotatable bonds is 3. The molecule has 22 heavy (non-hydrogen) atoms. The molecule has 3 amide bonds. The molecule has 1 N–H and O–H groups in total. The van der Waals surface area contributed by atoms with Gasteiger partial charge < -0.3 is 5.32 Å². The summed E-state index contributed by atoms with van der Waals surface area (Å²) in [6, 6.07) is 4.65. The molecule has 0 radical (unpaired) electrons. The van der Waals surface area contributed by atoms with Crippen molar-refractivity contribution in [1.29, 1.82) is 0 Å². The molecule has 1 aromatic rings. The zero-order chi connectivity index (χ0) is 16.4. The van der Waals surface area contributed by atoms with Crippen LogP contribution < -0.4 is 5.32 Å². The Hall–Kier alpha value is -1.24. The van der Waals surface area contributed by atoms with Gasteiger partial charge >= 0.3 is 0 Å². The summed E-state index contributed by atoms with van der Waals surface area (Å²) in [5, 5.41) is 2.59. The van der Waals surface area contributed by atoms with Crippen molar-refractivity contribution >= 4 is 58.4 Å². The summed E-state index contributed by atoms with van der Waals surface area (Å²) in [6.45, 7) is 3.13. The molecule has 0 spiro atoms. The lowest BCUT2D eigenvalue weighted by molar-refractivity contribution is -0.147. The molecule has 1 aromatic carbocycles. The Morgan fingerprint density at radius 2 is 1.77 bits per heavy atom. The minimum Gasteiger partial charge on any atom is -0.324 e. The lowest BCUT2D eigenvalue weighted by Crippen LogP contribution is -2.52. The Balaban J connectivity index is 2.05. The van der Waals surface area contributed by atoms with E-state index in [0.29, 0.717) is 15.7 Å². The second-order valence-electron chi connectivity index (χ2n) is 4.86. The van der Waals surface area contributed by atoms with E-state index in [1.54, 1.807) is 26.0 Å². The molecule has 1 saturated heterocycles. The lowest BCUT2D eigenvalue weighted by Gasteiger charge is -2.31. The summed E-state index contributed by atoms with van der Waals surface area (Å²) in [7, 11) is 0. The minimum atomic E-state index is -0.466. The fraction of sp³-hybridized carbons (Fsp3) is 0.357. The van der Waals surface area contributed by atoms with Crippen LogP contribution in [-0.2, 0) is 14.4 Å². The first kappa shape index (κ1) is 17.1. The molecule has 118 valence electrons. The van der Waals surface area contributed by atoms with Crippen LogP contribution in [0.1, 0.15) is 13.8 Å². The first-order valence-electron chi connectivity index (χ1n) is 6.55. The SMILES string of the molecule is C[C@@H]1S[C@@H](C)C(=O)N(CC(=O)Nc2ccc(Cl)c(Cl)c2)C1=O. The average Bonchev–Trinajstić information content (AvgIpc) is 2.45. The zero-order valence-corrected chi connectivity index (χ0v) is 14.3. The molecule has 0 saturated carbocycles. The van der Waals surface area contributed by atoms with Gasteiger partial charge in [0, 0.05) is 5.69 Å². The largest absolute Gasteiger partial charge is 0.324 e. The molecule has 0 bridgehead atoms. The maximum Gasteiger partial charge on any atom is 0.244 e. The van der Waals surface area contributed by atoms with Crippen molar-refractivity contribution in [3.63, 3.8) is 0 Å². The van der Waals surface area contributed by atoms with E-state index in [1.807, 2.05) is 0 Å². The third-order valence-corrected chi connectivity index (χ3v) is 5.10. The quantitative estimate of drug-likeness (QED) is 0.841. The van der Waals surface area contributed by atoms with Crippen LogP contribution in [0.2, 0.25) is 10.0 Å². The van der Waals surface area contributed by atoms with Crippen molar-refractivity contribution in [2.75, 3.05) is 11.9 Å². The Bertz CT molecular complexity index is 619. The Morgan fingerprint density at radius 1 is 1.18 bits per heavy atom. The topological polar surface area (TPSA) is 66.5 Å². The van der Waals surface area contributed by atoms with Gasteiger partial charge in [0.1, 0.15) is 6.54 Å². The van der Waals surface area contributed by atoms with Gasteiger partial charge in [-0.15, -0.1) is 11.8 Å². The van der Waals surface area contributed by atoms with Crippen LogP contribution in [0.25, 0.3) is 0 Å². The second kappa shape index (κ2) is 6.89. The summed E-state index contributed by atoms with van der Waals surface area (Å²) in [6.07, 6.45) is 0. The van der Waals surface area contributed by atoms with Crippen molar-refractivity contribution < 1.29 is 14.4 Å². The molecule has 0 aliphatic carbocycles. The summed E-state index contributed by atoms with van der Waals surface area (Å²) >= 11 is 13.0. The molecule has 5 nitrogen and oxygen atoms in total. The van der Waals surface area contributed by atoms with Gasteiger partial charge in [0.2, 0.25) is 17.7 Å². The van der Waals surface area contributed by atoms with Crippen molar-refractivity contribution in [1.82, 2.24) is 4.90 Å². The van der Waals surface area contributed by atoms with E-state index < -0.39 is 5.91 Å². The highest BCUT2D eigenvalue weighted by molar-refractivity contribution is 8.02. The summed E-state index contributed by atoms with van der Waals surface area (Å²) in [5.74, 6) is -1.17. The molecule has 2 rings (SSSR count). The summed E-state index contributed by atoms with van der Waals surface area (Å²) in [5.41, 5.74) is 0.451. The van der Waals surface area contributed by atoms with Crippen LogP contribution in [-0.4, -0.2) is 39.7 Å². The lowest BCUT2D eigenvalue weighted by atomic mass is 10.3. The number of thioether (sulfide) groups is 1. The Morgan fingerprint density at radius 3 is 2.32 bits per heavy atom. The Labute approximate surface area is 142 Å². The number of imide groups is 1. The second-order valence-corrected chi connectivity index (χ2v) is 7.36. The van der Waals surface area contributed by atoms with E-state index in [0.717, 1.165) is 4.90 Å². The fourth-order valence-electron chi connectivity index (χ4n) is 2.04. The maximum absolute atomic E-state index is 12.0. The standard InChI is InChI=1S/C14H14Cl2N2O3S/c1-7-13(20)18(14(21)8(2)22-7)6-12(19)17-9-3-4-10(15)11(16)5-9/h3-5,7-8H,6H2,1-2H3,(H,17,19)/t7-,8-/m0/s1. The smallest absolute Gasteiger partial charge is 0.244 e. The average molecular weight is 361 g/mol. The normalized spacial score (nSPS) is 21.9. The number of anilines is 1. The van der Waals surface area contributed by atoms with E-state index in [4.69, 9.17) is 23.2 Å². The highest BCUT2D eigenvalue weighted by Crippen LogP contribution is 2.27. The third-order valence-electron chi connectivity index (χ3n) is 3.14. The van der Waals surface area contributed by atoms with Gasteiger partial charge in [-0.05, 0) is 32.0 Å². The van der Waals surface area contributed by atoms with Crippen LogP contribution >= 0.6 is 35.0 Å². The fourth-order valence-corrected chi connectivity index (χ4v) is 3.44. The van der Waals surface area contributed by atoms with E-state index >= 15 is 0 Å². The van der Waals surface area contributed by atoms with Gasteiger partial charge in [0.25, 0.3) is 0 Å². The molecule has 1 aliphatic rings. The third kappa shape index (κ3) is 3.74. The van der Waals surface area contributed by atoms with E-state index in [-0.39, 0.29) is 28.9 Å². The van der Waals surface area contributed by atoms with E-state index in [9.17, 15) is 14.4 Å². The monoisotopic (exact) mass is 360 g/mol. The molecule has 0 unspecified atom stereocenters. The van der Waals surface area contributed by atoms with Gasteiger partial charge in [-0.3, -0.25) is 19.3 Å². The van der Waals surface area contributed by atoms with Gasteiger partial charge in [-0.1, -0.05) is 23.2 Å². The molecule has 0 aromatic heterocycles. The van der Waals surface area contributed by atoms with E-state index in [2.05, 4.69) is 5.32 Å². The number of benzene rings is 1. The summed E-state index contributed by atoms with van der Waals surface area (Å²) < 4.78 is 0.